The summed E-state index contributed by atoms with van der Waals surface area (Å²) in [5.74, 6) is 0. The monoisotopic (exact) mass is 314 g/mol. The van der Waals surface area contributed by atoms with Gasteiger partial charge >= 0.3 is 6.03 Å². The lowest BCUT2D eigenvalue weighted by molar-refractivity contribution is 0.114. The Balaban J connectivity index is 1.73. The first-order valence-corrected chi connectivity index (χ1v) is 9.35. The smallest absolute Gasteiger partial charge is 0.315 e. The minimum Gasteiger partial charge on any atom is -0.337 e. The van der Waals surface area contributed by atoms with Gasteiger partial charge in [-0.15, -0.1) is 0 Å². The number of nitrogens with one attached hydrogen (secondary N) is 2. The highest BCUT2D eigenvalue weighted by molar-refractivity contribution is 7.99. The predicted octanol–water partition coefficient (Wildman–Crippen LogP) is 1.21. The molecule has 6 heteroatoms. The molecule has 0 radical (unpaired) electrons. The van der Waals surface area contributed by atoms with E-state index >= 15 is 0 Å². The van der Waals surface area contributed by atoms with E-state index in [9.17, 15) is 4.79 Å². The molecule has 0 aromatic rings. The Hall–Kier alpha value is -0.460. The van der Waals surface area contributed by atoms with Crippen molar-refractivity contribution in [2.75, 3.05) is 46.5 Å². The van der Waals surface area contributed by atoms with Gasteiger partial charge in [0.15, 0.2) is 0 Å². The second kappa shape index (κ2) is 8.25. The second-order valence-electron chi connectivity index (χ2n) is 6.42. The van der Waals surface area contributed by atoms with Gasteiger partial charge in [-0.3, -0.25) is 4.90 Å². The zero-order valence-electron chi connectivity index (χ0n) is 13.6. The average Bonchev–Trinajstić information content (AvgIpc) is 2.49. The van der Waals surface area contributed by atoms with E-state index in [-0.39, 0.29) is 6.03 Å². The van der Waals surface area contributed by atoms with Gasteiger partial charge in [0.1, 0.15) is 0 Å². The number of likely N-dealkylation sites (N-methyl/N-ethyl adjacent to an activating group) is 2. The zero-order valence-corrected chi connectivity index (χ0v) is 14.4. The molecule has 3 atom stereocenters. The van der Waals surface area contributed by atoms with Crippen LogP contribution in [0.4, 0.5) is 4.79 Å². The van der Waals surface area contributed by atoms with Gasteiger partial charge in [0.2, 0.25) is 0 Å². The third-order valence-electron chi connectivity index (χ3n) is 4.80. The Morgan fingerprint density at radius 2 is 2.00 bits per heavy atom. The van der Waals surface area contributed by atoms with Crippen molar-refractivity contribution in [1.29, 1.82) is 0 Å². The van der Waals surface area contributed by atoms with Gasteiger partial charge in [0.05, 0.1) is 0 Å². The van der Waals surface area contributed by atoms with Crippen LogP contribution in [0.1, 0.15) is 25.7 Å². The quantitative estimate of drug-likeness (QED) is 0.819. The Kier molecular flexibility index (Phi) is 6.64. The lowest BCUT2D eigenvalue weighted by atomic mass is 9.95. The van der Waals surface area contributed by atoms with Crippen LogP contribution in [-0.2, 0) is 0 Å². The van der Waals surface area contributed by atoms with Crippen molar-refractivity contribution in [3.63, 3.8) is 0 Å². The van der Waals surface area contributed by atoms with Crippen molar-refractivity contribution in [2.45, 2.75) is 43.0 Å². The molecule has 0 unspecified atom stereocenters. The summed E-state index contributed by atoms with van der Waals surface area (Å²) < 4.78 is 0. The molecule has 0 spiro atoms. The minimum atomic E-state index is 0.00239. The number of carbonyl (C=O) groups excluding carboxylic acids is 1. The zero-order chi connectivity index (χ0) is 15.2. The summed E-state index contributed by atoms with van der Waals surface area (Å²) in [4.78, 5) is 16.8. The van der Waals surface area contributed by atoms with Crippen molar-refractivity contribution in [3.8, 4) is 0 Å². The molecule has 0 aromatic carbocycles. The molecular weight excluding hydrogens is 284 g/mol. The highest BCUT2D eigenvalue weighted by atomic mass is 32.2. The molecule has 1 heterocycles. The molecule has 21 heavy (non-hydrogen) atoms. The molecule has 122 valence electrons. The van der Waals surface area contributed by atoms with E-state index in [0.717, 1.165) is 32.6 Å². The van der Waals surface area contributed by atoms with Crippen LogP contribution in [0.2, 0.25) is 0 Å². The van der Waals surface area contributed by atoms with Crippen molar-refractivity contribution in [2.24, 2.45) is 0 Å². The van der Waals surface area contributed by atoms with Gasteiger partial charge in [-0.05, 0) is 33.2 Å². The Bertz CT molecular complexity index is 342. The number of piperazine rings is 1. The maximum absolute atomic E-state index is 12.1. The molecule has 1 aliphatic heterocycles. The number of thioether (sulfide) groups is 1. The SMILES string of the molecule is CS[C@@H]1CCCC[C@H]1NC(=O)NC[C@@H]1CN(C)CCN1C. The first-order valence-electron chi connectivity index (χ1n) is 8.06. The molecule has 1 saturated heterocycles. The van der Waals surface area contributed by atoms with Gasteiger partial charge in [-0.25, -0.2) is 4.79 Å². The summed E-state index contributed by atoms with van der Waals surface area (Å²) in [5.41, 5.74) is 0. The average molecular weight is 314 g/mol. The largest absolute Gasteiger partial charge is 0.337 e. The Morgan fingerprint density at radius 1 is 1.24 bits per heavy atom. The van der Waals surface area contributed by atoms with Crippen LogP contribution in [0.25, 0.3) is 0 Å². The lowest BCUT2D eigenvalue weighted by Crippen LogP contribution is -2.56. The van der Waals surface area contributed by atoms with E-state index in [1.165, 1.54) is 19.3 Å². The number of nitrogens with zero attached hydrogens (tertiary/aromatic N) is 2. The summed E-state index contributed by atoms with van der Waals surface area (Å²) >= 11 is 1.89. The fraction of sp³-hybridized carbons (Fsp3) is 0.933. The van der Waals surface area contributed by atoms with E-state index in [0.29, 0.717) is 17.3 Å². The number of amides is 2. The normalized spacial score (nSPS) is 31.9. The molecular formula is C15H30N4OS. The van der Waals surface area contributed by atoms with Crippen molar-refractivity contribution < 1.29 is 4.79 Å². The van der Waals surface area contributed by atoms with Gasteiger partial charge < -0.3 is 15.5 Å². The summed E-state index contributed by atoms with van der Waals surface area (Å²) in [6.07, 6.45) is 7.02. The topological polar surface area (TPSA) is 47.6 Å². The van der Waals surface area contributed by atoms with E-state index < -0.39 is 0 Å². The Labute approximate surface area is 133 Å². The van der Waals surface area contributed by atoms with E-state index in [1.807, 2.05) is 11.8 Å². The fourth-order valence-corrected chi connectivity index (χ4v) is 4.23. The summed E-state index contributed by atoms with van der Waals surface area (Å²) in [5, 5.41) is 6.83. The highest BCUT2D eigenvalue weighted by Gasteiger charge is 2.26. The lowest BCUT2D eigenvalue weighted by Gasteiger charge is -2.38. The summed E-state index contributed by atoms with van der Waals surface area (Å²) in [6, 6.07) is 0.750. The molecule has 5 nitrogen and oxygen atoms in total. The summed E-state index contributed by atoms with van der Waals surface area (Å²) in [7, 11) is 4.29. The van der Waals surface area contributed by atoms with Crippen LogP contribution in [0.15, 0.2) is 0 Å². The van der Waals surface area contributed by atoms with Gasteiger partial charge in [-0.1, -0.05) is 12.8 Å². The predicted molar refractivity (Wildman–Crippen MR) is 90.0 cm³/mol. The molecule has 2 amide bonds. The van der Waals surface area contributed by atoms with Crippen molar-refractivity contribution >= 4 is 17.8 Å². The molecule has 2 N–H and O–H groups in total. The van der Waals surface area contributed by atoms with E-state index in [4.69, 9.17) is 0 Å². The summed E-state index contributed by atoms with van der Waals surface area (Å²) in [6.45, 7) is 3.93. The minimum absolute atomic E-state index is 0.00239. The van der Waals surface area contributed by atoms with E-state index in [1.54, 1.807) is 0 Å². The molecule has 2 rings (SSSR count). The number of urea groups is 1. The number of hydrogen-bond acceptors (Lipinski definition) is 4. The van der Waals surface area contributed by atoms with Crippen LogP contribution < -0.4 is 10.6 Å². The third-order valence-corrected chi connectivity index (χ3v) is 5.97. The number of rotatable bonds is 4. The van der Waals surface area contributed by atoms with Crippen molar-refractivity contribution in [1.82, 2.24) is 20.4 Å². The highest BCUT2D eigenvalue weighted by Crippen LogP contribution is 2.26. The first-order chi connectivity index (χ1) is 10.1. The molecule has 2 fully saturated rings. The molecule has 0 aromatic heterocycles. The number of hydrogen-bond donors (Lipinski definition) is 2. The van der Waals surface area contributed by atoms with Crippen LogP contribution in [0.3, 0.4) is 0 Å². The van der Waals surface area contributed by atoms with Gasteiger partial charge in [-0.2, -0.15) is 11.8 Å². The maximum Gasteiger partial charge on any atom is 0.315 e. The van der Waals surface area contributed by atoms with Gasteiger partial charge in [0, 0.05) is 43.5 Å². The fourth-order valence-electron chi connectivity index (χ4n) is 3.30. The number of carbonyl (C=O) groups is 1. The van der Waals surface area contributed by atoms with Crippen molar-refractivity contribution in [3.05, 3.63) is 0 Å². The molecule has 2 aliphatic rings. The first kappa shape index (κ1) is 16.9. The second-order valence-corrected chi connectivity index (χ2v) is 7.49. The van der Waals surface area contributed by atoms with Crippen LogP contribution >= 0.6 is 11.8 Å². The molecule has 0 bridgehead atoms. The molecule has 1 aliphatic carbocycles. The van der Waals surface area contributed by atoms with Crippen LogP contribution in [0, 0.1) is 0 Å². The third kappa shape index (κ3) is 5.04. The molecule has 1 saturated carbocycles. The Morgan fingerprint density at radius 3 is 2.76 bits per heavy atom. The van der Waals surface area contributed by atoms with Crippen LogP contribution in [-0.4, -0.2) is 79.7 Å². The van der Waals surface area contributed by atoms with Crippen LogP contribution in [0.5, 0.6) is 0 Å². The van der Waals surface area contributed by atoms with Gasteiger partial charge in [0.25, 0.3) is 0 Å². The van der Waals surface area contributed by atoms with E-state index in [2.05, 4.69) is 40.8 Å². The maximum atomic E-state index is 12.1. The standard InChI is InChI=1S/C15H30N4OS/c1-18-8-9-19(2)12(11-18)10-16-15(20)17-13-6-4-5-7-14(13)21-3/h12-14H,4-11H2,1-3H3,(H2,16,17,20)/t12-,13-,14-/m1/s1.